The maximum Gasteiger partial charge on any atom is 0.140 e. The first kappa shape index (κ1) is 31.7. The molecule has 1 aromatic heterocycles. The monoisotopic (exact) mass is 687 g/mol. The molecule has 4 nitrogen and oxygen atoms in total. The van der Waals surface area contributed by atoms with Crippen molar-refractivity contribution in [1.82, 2.24) is 5.32 Å². The molecule has 0 saturated heterocycles. The molecule has 53 heavy (non-hydrogen) atoms. The van der Waals surface area contributed by atoms with Crippen LogP contribution in [0.4, 0.5) is 0 Å². The van der Waals surface area contributed by atoms with Crippen molar-refractivity contribution in [3.63, 3.8) is 0 Å². The van der Waals surface area contributed by atoms with Crippen LogP contribution in [-0.2, 0) is 11.8 Å². The quantitative estimate of drug-likeness (QED) is 0.196. The topological polar surface area (TPSA) is 49.9 Å². The van der Waals surface area contributed by atoms with Crippen LogP contribution in [0.1, 0.15) is 72.4 Å². The van der Waals surface area contributed by atoms with Gasteiger partial charge in [-0.2, -0.15) is 0 Å². The molecule has 0 radical (unpaired) electrons. The fraction of sp³-hybridized carbons (Fsp3) is 0.184. The van der Waals surface area contributed by atoms with Gasteiger partial charge >= 0.3 is 0 Å². The van der Waals surface area contributed by atoms with Gasteiger partial charge in [-0.3, -0.25) is 4.99 Å². The molecule has 258 valence electrons. The van der Waals surface area contributed by atoms with Crippen LogP contribution in [0.15, 0.2) is 154 Å². The van der Waals surface area contributed by atoms with Crippen LogP contribution >= 0.6 is 0 Å². The maximum atomic E-state index is 6.33. The summed E-state index contributed by atoms with van der Waals surface area (Å²) < 4.78 is 6.33. The summed E-state index contributed by atoms with van der Waals surface area (Å²) in [5, 5.41) is 5.95. The average molecular weight is 688 g/mol. The van der Waals surface area contributed by atoms with E-state index in [-0.39, 0.29) is 5.41 Å². The molecule has 1 atom stereocenters. The van der Waals surface area contributed by atoms with E-state index >= 15 is 0 Å². The first-order valence-corrected chi connectivity index (χ1v) is 19.0. The van der Waals surface area contributed by atoms with Gasteiger partial charge in [0.05, 0.1) is 0 Å². The van der Waals surface area contributed by atoms with Gasteiger partial charge in [0.1, 0.15) is 22.8 Å². The molecule has 10 rings (SSSR count). The van der Waals surface area contributed by atoms with Crippen molar-refractivity contribution < 1.29 is 4.42 Å². The molecule has 1 N–H and O–H groups in total. The smallest absolute Gasteiger partial charge is 0.140 e. The molecular weight excluding hydrogens is 647 g/mol. The van der Waals surface area contributed by atoms with Crippen LogP contribution in [-0.4, -0.2) is 18.2 Å². The number of fused-ring (bicyclic) bond motifs is 10. The highest BCUT2D eigenvalue weighted by Crippen LogP contribution is 2.56. The Morgan fingerprint density at radius 2 is 1.45 bits per heavy atom. The third-order valence-corrected chi connectivity index (χ3v) is 11.7. The van der Waals surface area contributed by atoms with E-state index in [4.69, 9.17) is 14.4 Å². The van der Waals surface area contributed by atoms with Crippen molar-refractivity contribution in [2.75, 3.05) is 6.54 Å². The second kappa shape index (κ2) is 12.6. The molecule has 6 aromatic carbocycles. The van der Waals surface area contributed by atoms with Gasteiger partial charge in [-0.1, -0.05) is 141 Å². The van der Waals surface area contributed by atoms with Gasteiger partial charge in [0.2, 0.25) is 0 Å². The first-order chi connectivity index (χ1) is 26.0. The number of rotatable bonds is 5. The van der Waals surface area contributed by atoms with Gasteiger partial charge in [-0.05, 0) is 87.4 Å². The van der Waals surface area contributed by atoms with Crippen LogP contribution in [0.3, 0.4) is 0 Å². The lowest BCUT2D eigenvalue weighted by molar-refractivity contribution is 0.627. The molecule has 0 bridgehead atoms. The lowest BCUT2D eigenvalue weighted by atomic mass is 9.73. The summed E-state index contributed by atoms with van der Waals surface area (Å²) in [6.45, 7) is 5.44. The minimum Gasteiger partial charge on any atom is -0.456 e. The first-order valence-electron chi connectivity index (χ1n) is 19.0. The summed E-state index contributed by atoms with van der Waals surface area (Å²) in [5.74, 6) is 2.03. The number of furan rings is 1. The van der Waals surface area contributed by atoms with E-state index < -0.39 is 0 Å². The number of para-hydroxylation sites is 1. The van der Waals surface area contributed by atoms with Crippen LogP contribution < -0.4 is 5.32 Å². The third kappa shape index (κ3) is 5.27. The number of benzene rings is 6. The summed E-state index contributed by atoms with van der Waals surface area (Å²) >= 11 is 0. The van der Waals surface area contributed by atoms with Crippen molar-refractivity contribution in [2.45, 2.75) is 50.9 Å². The number of nitrogens with one attached hydrogen (secondary N) is 1. The Morgan fingerprint density at radius 1 is 0.698 bits per heavy atom. The Kier molecular flexibility index (Phi) is 7.54. The molecule has 0 fully saturated rings. The molecule has 0 amide bonds. The van der Waals surface area contributed by atoms with Crippen molar-refractivity contribution in [1.29, 1.82) is 0 Å². The van der Waals surface area contributed by atoms with Gasteiger partial charge in [0.15, 0.2) is 0 Å². The molecule has 0 spiro atoms. The van der Waals surface area contributed by atoms with Crippen molar-refractivity contribution in [3.8, 4) is 22.3 Å². The predicted octanol–water partition coefficient (Wildman–Crippen LogP) is 11.9. The van der Waals surface area contributed by atoms with Crippen LogP contribution in [0.25, 0.3) is 49.9 Å². The van der Waals surface area contributed by atoms with Gasteiger partial charge < -0.3 is 9.73 Å². The number of hydrogen-bond donors (Lipinski definition) is 1. The van der Waals surface area contributed by atoms with Crippen LogP contribution in [0, 0.1) is 0 Å². The van der Waals surface area contributed by atoms with E-state index in [2.05, 4.69) is 141 Å². The normalized spacial score (nSPS) is 18.2. The number of hydrogen-bond acceptors (Lipinski definition) is 4. The Labute approximate surface area is 310 Å². The molecule has 2 heterocycles. The number of amidine groups is 2. The fourth-order valence-electron chi connectivity index (χ4n) is 9.14. The van der Waals surface area contributed by atoms with E-state index in [1.54, 1.807) is 0 Å². The highest BCUT2D eigenvalue weighted by atomic mass is 16.3. The third-order valence-electron chi connectivity index (χ3n) is 11.7. The van der Waals surface area contributed by atoms with E-state index in [1.807, 2.05) is 18.2 Å². The minimum atomic E-state index is -0.0388. The van der Waals surface area contributed by atoms with Gasteiger partial charge in [-0.15, -0.1) is 0 Å². The molecule has 4 heteroatoms. The second-order valence-electron chi connectivity index (χ2n) is 15.2. The summed E-state index contributed by atoms with van der Waals surface area (Å²) in [6.07, 6.45) is 5.83. The largest absolute Gasteiger partial charge is 0.456 e. The highest BCUT2D eigenvalue weighted by molar-refractivity contribution is 6.21. The zero-order valence-electron chi connectivity index (χ0n) is 30.2. The Morgan fingerprint density at radius 3 is 2.36 bits per heavy atom. The zero-order valence-corrected chi connectivity index (χ0v) is 30.2. The van der Waals surface area contributed by atoms with Crippen molar-refractivity contribution >= 4 is 39.3 Å². The Bertz CT molecular complexity index is 2660. The molecule has 2 aliphatic carbocycles. The standard InChI is InChI=1S/C49H41N3O/c1-49(2)39-21-10-8-18-36(39)47-40(49)27-26-35-33(30-32-16-6-7-17-34(32)46(35)47)25-28-44-50-29-13-22-41(31-14-4-3-5-15-31)51-48(52-44)38-20-12-24-43-45(38)37-19-9-11-23-42(37)53-43/h3-12,14-24,26-27,33H,13,25,28-30H2,1-2H3,(H,50,51,52)/b41-22-. The minimum absolute atomic E-state index is 0.0388. The van der Waals surface area contributed by atoms with E-state index in [1.165, 1.54) is 44.5 Å². The van der Waals surface area contributed by atoms with E-state index in [0.29, 0.717) is 12.5 Å². The summed E-state index contributed by atoms with van der Waals surface area (Å²) in [7, 11) is 0. The fourth-order valence-corrected chi connectivity index (χ4v) is 9.14. The van der Waals surface area contributed by atoms with Crippen molar-refractivity contribution in [2.24, 2.45) is 9.98 Å². The van der Waals surface area contributed by atoms with Crippen LogP contribution in [0.2, 0.25) is 0 Å². The molecule has 7 aromatic rings. The summed E-state index contributed by atoms with van der Waals surface area (Å²) in [6, 6.07) is 48.0. The maximum absolute atomic E-state index is 6.33. The Balaban J connectivity index is 1.06. The molecule has 1 aliphatic heterocycles. The SMILES string of the molecule is CC1(C)c2ccccc2-c2c1ccc1c2-c2ccccc2CC1CCC1=NCC/C=C(/c2ccccc2)NC(c2cccc3oc4ccccc4c23)=N1. The summed E-state index contributed by atoms with van der Waals surface area (Å²) in [4.78, 5) is 10.6. The molecular formula is C49H41N3O. The molecule has 1 unspecified atom stereocenters. The number of aliphatic imine (C=N–C) groups is 2. The van der Waals surface area contributed by atoms with Crippen LogP contribution in [0.5, 0.6) is 0 Å². The predicted molar refractivity (Wildman–Crippen MR) is 220 cm³/mol. The summed E-state index contributed by atoms with van der Waals surface area (Å²) in [5.41, 5.74) is 16.2. The highest BCUT2D eigenvalue weighted by Gasteiger charge is 2.39. The van der Waals surface area contributed by atoms with Gasteiger partial charge in [0, 0.05) is 40.4 Å². The second-order valence-corrected chi connectivity index (χ2v) is 15.2. The zero-order chi connectivity index (χ0) is 35.5. The van der Waals surface area contributed by atoms with E-state index in [9.17, 15) is 0 Å². The lowest BCUT2D eigenvalue weighted by Crippen LogP contribution is -2.25. The molecule has 0 saturated carbocycles. The average Bonchev–Trinajstić information content (AvgIpc) is 3.72. The Hall–Kier alpha value is -6.00. The van der Waals surface area contributed by atoms with E-state index in [0.717, 1.165) is 76.1 Å². The number of nitrogens with zero attached hydrogens (tertiary/aromatic N) is 2. The van der Waals surface area contributed by atoms with Gasteiger partial charge in [-0.25, -0.2) is 4.99 Å². The molecule has 3 aliphatic rings. The van der Waals surface area contributed by atoms with Gasteiger partial charge in [0.25, 0.3) is 0 Å². The van der Waals surface area contributed by atoms with Crippen molar-refractivity contribution in [3.05, 3.63) is 173 Å². The lowest BCUT2D eigenvalue weighted by Gasteiger charge is -2.31.